The van der Waals surface area contributed by atoms with Crippen LogP contribution in [0.2, 0.25) is 0 Å². The number of thioether (sulfide) groups is 1. The van der Waals surface area contributed by atoms with Crippen LogP contribution >= 0.6 is 11.8 Å². The van der Waals surface area contributed by atoms with E-state index >= 15 is 0 Å². The second-order valence-electron chi connectivity index (χ2n) is 6.71. The summed E-state index contributed by atoms with van der Waals surface area (Å²) >= 11 is 1.72. The van der Waals surface area contributed by atoms with Crippen LogP contribution in [0.3, 0.4) is 0 Å². The number of carbonyl (C=O) groups excluding carboxylic acids is 1. The normalized spacial score (nSPS) is 17.0. The maximum absolute atomic E-state index is 12.2. The Hall–Kier alpha value is -1.20. The fourth-order valence-corrected chi connectivity index (χ4v) is 3.28. The molecule has 1 amide bonds. The first kappa shape index (κ1) is 18.1. The quantitative estimate of drug-likeness (QED) is 0.803. The van der Waals surface area contributed by atoms with E-state index in [2.05, 4.69) is 25.2 Å². The number of ether oxygens (including phenoxy) is 1. The van der Waals surface area contributed by atoms with Gasteiger partial charge >= 0.3 is 0 Å². The molecule has 0 aromatic heterocycles. The molecule has 0 fully saturated rings. The summed E-state index contributed by atoms with van der Waals surface area (Å²) in [7, 11) is 0. The molecule has 0 saturated heterocycles. The van der Waals surface area contributed by atoms with Crippen LogP contribution in [0.25, 0.3) is 0 Å². The molecule has 0 unspecified atom stereocenters. The third-order valence-corrected chi connectivity index (χ3v) is 4.77. The van der Waals surface area contributed by atoms with E-state index in [1.807, 2.05) is 18.4 Å². The van der Waals surface area contributed by atoms with Crippen LogP contribution in [0, 0.1) is 0 Å². The Kier molecular flexibility index (Phi) is 6.36. The molecule has 0 radical (unpaired) electrons. The minimum Gasteiger partial charge on any atom is -0.488 e. The van der Waals surface area contributed by atoms with Crippen LogP contribution in [0.1, 0.15) is 37.8 Å². The van der Waals surface area contributed by atoms with Crippen molar-refractivity contribution in [3.8, 4) is 5.75 Å². The number of amides is 1. The van der Waals surface area contributed by atoms with Crippen LogP contribution in [-0.2, 0) is 17.6 Å². The molecule has 128 valence electrons. The Labute approximate surface area is 143 Å². The lowest BCUT2D eigenvalue weighted by Gasteiger charge is -2.32. The highest BCUT2D eigenvalue weighted by Crippen LogP contribution is 2.33. The van der Waals surface area contributed by atoms with Crippen molar-refractivity contribution in [1.29, 1.82) is 0 Å². The van der Waals surface area contributed by atoms with Gasteiger partial charge in [-0.2, -0.15) is 11.8 Å². The lowest BCUT2D eigenvalue weighted by atomic mass is 9.93. The number of benzene rings is 1. The van der Waals surface area contributed by atoms with Crippen LogP contribution in [0.4, 0.5) is 0 Å². The van der Waals surface area contributed by atoms with Crippen molar-refractivity contribution in [3.63, 3.8) is 0 Å². The maximum atomic E-state index is 12.2. The number of hydrogen-bond donors (Lipinski definition) is 2. The molecule has 1 aromatic carbocycles. The number of fused-ring (bicyclic) bond motifs is 1. The van der Waals surface area contributed by atoms with E-state index in [9.17, 15) is 9.90 Å². The Morgan fingerprint density at radius 3 is 2.96 bits per heavy atom. The molecule has 5 heteroatoms. The summed E-state index contributed by atoms with van der Waals surface area (Å²) in [5.74, 6) is 1.82. The predicted molar refractivity (Wildman–Crippen MR) is 95.2 cm³/mol. The Morgan fingerprint density at radius 2 is 2.26 bits per heavy atom. The first-order chi connectivity index (χ1) is 10.9. The van der Waals surface area contributed by atoms with Gasteiger partial charge in [-0.1, -0.05) is 12.1 Å². The molecule has 1 heterocycles. The van der Waals surface area contributed by atoms with Crippen molar-refractivity contribution in [2.75, 3.05) is 18.6 Å². The second kappa shape index (κ2) is 8.06. The average molecular weight is 337 g/mol. The van der Waals surface area contributed by atoms with Crippen LogP contribution in [0.5, 0.6) is 5.75 Å². The summed E-state index contributed by atoms with van der Waals surface area (Å²) in [6.45, 7) is 4.18. The molecule has 1 aliphatic rings. The molecule has 0 saturated carbocycles. The van der Waals surface area contributed by atoms with Crippen molar-refractivity contribution in [1.82, 2.24) is 5.32 Å². The number of hydrogen-bond acceptors (Lipinski definition) is 4. The number of aliphatic hydroxyl groups is 1. The topological polar surface area (TPSA) is 58.6 Å². The molecule has 1 aromatic rings. The SMILES string of the molecule is CSCC[C@H](CO)NC(=O)Cc1ccc2c(c1)CCC(C)(C)O2. The van der Waals surface area contributed by atoms with Crippen molar-refractivity contribution < 1.29 is 14.6 Å². The summed E-state index contributed by atoms with van der Waals surface area (Å²) in [6.07, 6.45) is 5.11. The predicted octanol–water partition coefficient (Wildman–Crippen LogP) is 2.56. The summed E-state index contributed by atoms with van der Waals surface area (Å²) in [4.78, 5) is 12.2. The average Bonchev–Trinajstić information content (AvgIpc) is 2.51. The highest BCUT2D eigenvalue weighted by molar-refractivity contribution is 7.98. The lowest BCUT2D eigenvalue weighted by Crippen LogP contribution is -2.38. The van der Waals surface area contributed by atoms with E-state index in [1.165, 1.54) is 5.56 Å². The van der Waals surface area contributed by atoms with E-state index in [4.69, 9.17) is 4.74 Å². The molecule has 1 aliphatic heterocycles. The zero-order chi connectivity index (χ0) is 16.9. The van der Waals surface area contributed by atoms with Gasteiger partial charge in [-0.05, 0) is 62.3 Å². The van der Waals surface area contributed by atoms with Crippen LogP contribution in [0.15, 0.2) is 18.2 Å². The molecule has 1 atom stereocenters. The molecule has 4 nitrogen and oxygen atoms in total. The molecule has 23 heavy (non-hydrogen) atoms. The zero-order valence-corrected chi connectivity index (χ0v) is 15.0. The van der Waals surface area contributed by atoms with E-state index < -0.39 is 0 Å². The Balaban J connectivity index is 1.94. The first-order valence-corrected chi connectivity index (χ1v) is 9.53. The highest BCUT2D eigenvalue weighted by Gasteiger charge is 2.26. The lowest BCUT2D eigenvalue weighted by molar-refractivity contribution is -0.121. The maximum Gasteiger partial charge on any atom is 0.224 e. The van der Waals surface area contributed by atoms with Crippen molar-refractivity contribution >= 4 is 17.7 Å². The number of carbonyl (C=O) groups is 1. The summed E-state index contributed by atoms with van der Waals surface area (Å²) in [5.41, 5.74) is 2.05. The molecule has 0 spiro atoms. The van der Waals surface area contributed by atoms with Gasteiger partial charge in [-0.3, -0.25) is 4.79 Å². The van der Waals surface area contributed by atoms with Crippen molar-refractivity contribution in [2.24, 2.45) is 0 Å². The Bertz CT molecular complexity index is 545. The summed E-state index contributed by atoms with van der Waals surface area (Å²) in [6, 6.07) is 5.84. The number of rotatable bonds is 7. The van der Waals surface area contributed by atoms with Gasteiger partial charge in [0.15, 0.2) is 0 Å². The Morgan fingerprint density at radius 1 is 1.48 bits per heavy atom. The van der Waals surface area contributed by atoms with E-state index in [1.54, 1.807) is 11.8 Å². The summed E-state index contributed by atoms with van der Waals surface area (Å²) in [5, 5.41) is 12.2. The highest BCUT2D eigenvalue weighted by atomic mass is 32.2. The van der Waals surface area contributed by atoms with Gasteiger partial charge in [0.25, 0.3) is 0 Å². The molecule has 2 rings (SSSR count). The van der Waals surface area contributed by atoms with E-state index in [0.29, 0.717) is 6.42 Å². The largest absolute Gasteiger partial charge is 0.488 e. The van der Waals surface area contributed by atoms with Crippen LogP contribution in [-0.4, -0.2) is 41.3 Å². The first-order valence-electron chi connectivity index (χ1n) is 8.13. The smallest absolute Gasteiger partial charge is 0.224 e. The fraction of sp³-hybridized carbons (Fsp3) is 0.611. The van der Waals surface area contributed by atoms with Crippen molar-refractivity contribution in [3.05, 3.63) is 29.3 Å². The minimum absolute atomic E-state index is 0.0145. The van der Waals surface area contributed by atoms with E-state index in [0.717, 1.165) is 36.3 Å². The fourth-order valence-electron chi connectivity index (χ4n) is 2.76. The van der Waals surface area contributed by atoms with Gasteiger partial charge in [-0.25, -0.2) is 0 Å². The number of nitrogens with one attached hydrogen (secondary N) is 1. The van der Waals surface area contributed by atoms with E-state index in [-0.39, 0.29) is 24.2 Å². The molecule has 0 bridgehead atoms. The van der Waals surface area contributed by atoms with Gasteiger partial charge in [0, 0.05) is 0 Å². The van der Waals surface area contributed by atoms with Gasteiger partial charge < -0.3 is 15.2 Å². The minimum atomic E-state index is -0.156. The third kappa shape index (κ3) is 5.43. The molecular weight excluding hydrogens is 310 g/mol. The molecule has 2 N–H and O–H groups in total. The number of aryl methyl sites for hydroxylation is 1. The standard InChI is InChI=1S/C18H27NO3S/c1-18(2)8-6-14-10-13(4-5-16(14)22-18)11-17(21)19-15(12-20)7-9-23-3/h4-5,10,15,20H,6-9,11-12H2,1-3H3,(H,19,21)/t15-/m1/s1. The van der Waals surface area contributed by atoms with Crippen molar-refractivity contribution in [2.45, 2.75) is 51.2 Å². The van der Waals surface area contributed by atoms with Gasteiger partial charge in [0.1, 0.15) is 11.4 Å². The molecule has 0 aliphatic carbocycles. The number of aliphatic hydroxyl groups excluding tert-OH is 1. The molecular formula is C18H27NO3S. The second-order valence-corrected chi connectivity index (χ2v) is 7.69. The van der Waals surface area contributed by atoms with Gasteiger partial charge in [-0.15, -0.1) is 0 Å². The monoisotopic (exact) mass is 337 g/mol. The third-order valence-electron chi connectivity index (χ3n) is 4.13. The van der Waals surface area contributed by atoms with Gasteiger partial charge in [0.2, 0.25) is 5.91 Å². The van der Waals surface area contributed by atoms with Gasteiger partial charge in [0.05, 0.1) is 19.1 Å². The van der Waals surface area contributed by atoms with Crippen LogP contribution < -0.4 is 10.1 Å². The zero-order valence-electron chi connectivity index (χ0n) is 14.2. The summed E-state index contributed by atoms with van der Waals surface area (Å²) < 4.78 is 5.97.